The van der Waals surface area contributed by atoms with Crippen molar-refractivity contribution < 1.29 is 0 Å². The summed E-state index contributed by atoms with van der Waals surface area (Å²) >= 11 is 0. The molecule has 3 heteroatoms. The predicted molar refractivity (Wildman–Crippen MR) is 96.1 cm³/mol. The van der Waals surface area contributed by atoms with Gasteiger partial charge in [-0.25, -0.2) is 0 Å². The van der Waals surface area contributed by atoms with E-state index in [2.05, 4.69) is 53.8 Å². The highest BCUT2D eigenvalue weighted by molar-refractivity contribution is 5.40. The van der Waals surface area contributed by atoms with Crippen LogP contribution in [0.1, 0.15) is 46.5 Å². The summed E-state index contributed by atoms with van der Waals surface area (Å²) < 4.78 is 0. The number of nitrogens with zero attached hydrogens (tertiary/aromatic N) is 3. The van der Waals surface area contributed by atoms with Crippen LogP contribution in [0.25, 0.3) is 0 Å². The van der Waals surface area contributed by atoms with Gasteiger partial charge in [-0.3, -0.25) is 9.80 Å². The molecule has 126 valence electrons. The summed E-state index contributed by atoms with van der Waals surface area (Å²) in [5.41, 5.74) is 4.78. The molecule has 0 aromatic heterocycles. The summed E-state index contributed by atoms with van der Waals surface area (Å²) in [5, 5.41) is 0. The Hall–Kier alpha value is -1.06. The van der Waals surface area contributed by atoms with Gasteiger partial charge in [-0.1, -0.05) is 19.9 Å². The van der Waals surface area contributed by atoms with Crippen LogP contribution >= 0.6 is 0 Å². The second-order valence-corrected chi connectivity index (χ2v) is 7.58. The molecule has 0 N–H and O–H groups in total. The highest BCUT2D eigenvalue weighted by Gasteiger charge is 2.48. The first-order valence-electron chi connectivity index (χ1n) is 9.58. The van der Waals surface area contributed by atoms with Gasteiger partial charge in [0.15, 0.2) is 0 Å². The minimum Gasteiger partial charge on any atom is -0.343 e. The zero-order chi connectivity index (χ0) is 16.0. The Bertz CT molecular complexity index is 559. The van der Waals surface area contributed by atoms with Gasteiger partial charge in [0, 0.05) is 31.0 Å². The van der Waals surface area contributed by atoms with Crippen molar-refractivity contribution in [2.75, 3.05) is 26.2 Å². The van der Waals surface area contributed by atoms with E-state index in [9.17, 15) is 0 Å². The van der Waals surface area contributed by atoms with Crippen LogP contribution in [0.3, 0.4) is 0 Å². The second kappa shape index (κ2) is 6.10. The smallest absolute Gasteiger partial charge is 0.0548 e. The van der Waals surface area contributed by atoms with Crippen LogP contribution in [0.5, 0.6) is 0 Å². The van der Waals surface area contributed by atoms with Crippen molar-refractivity contribution in [3.63, 3.8) is 0 Å². The molecule has 3 nitrogen and oxygen atoms in total. The molecule has 4 rings (SSSR count). The van der Waals surface area contributed by atoms with E-state index in [0.717, 1.165) is 0 Å². The Labute approximate surface area is 141 Å². The lowest BCUT2D eigenvalue weighted by Crippen LogP contribution is -2.67. The third kappa shape index (κ3) is 2.40. The number of piperazine rings is 1. The first kappa shape index (κ1) is 15.5. The maximum Gasteiger partial charge on any atom is 0.0548 e. The van der Waals surface area contributed by atoms with E-state index in [4.69, 9.17) is 0 Å². The number of allylic oxidation sites excluding steroid dienone is 2. The van der Waals surface area contributed by atoms with Crippen molar-refractivity contribution in [3.05, 3.63) is 35.2 Å². The predicted octanol–water partition coefficient (Wildman–Crippen LogP) is 3.37. The van der Waals surface area contributed by atoms with Gasteiger partial charge in [0.05, 0.1) is 12.1 Å². The van der Waals surface area contributed by atoms with Crippen LogP contribution in [0.2, 0.25) is 0 Å². The number of likely N-dealkylation sites (N-methyl/N-ethyl adjacent to an activating group) is 1. The molecule has 0 spiro atoms. The molecule has 0 aromatic carbocycles. The average Bonchev–Trinajstić information content (AvgIpc) is 2.94. The third-order valence-electron chi connectivity index (χ3n) is 6.28. The average molecular weight is 313 g/mol. The van der Waals surface area contributed by atoms with E-state index < -0.39 is 0 Å². The number of hydrogen-bond donors (Lipinski definition) is 0. The zero-order valence-electron chi connectivity index (χ0n) is 15.0. The molecule has 0 radical (unpaired) electrons. The van der Waals surface area contributed by atoms with Crippen LogP contribution < -0.4 is 0 Å². The Morgan fingerprint density at radius 2 is 2.00 bits per heavy atom. The van der Waals surface area contributed by atoms with Gasteiger partial charge in [-0.15, -0.1) is 0 Å². The minimum atomic E-state index is 0.621. The van der Waals surface area contributed by atoms with E-state index in [1.165, 1.54) is 57.6 Å². The van der Waals surface area contributed by atoms with Crippen LogP contribution in [-0.2, 0) is 0 Å². The van der Waals surface area contributed by atoms with Crippen molar-refractivity contribution in [1.29, 1.82) is 0 Å². The monoisotopic (exact) mass is 313 g/mol. The lowest BCUT2D eigenvalue weighted by molar-refractivity contribution is -0.00257. The molecule has 0 saturated carbocycles. The largest absolute Gasteiger partial charge is 0.343 e. The van der Waals surface area contributed by atoms with Gasteiger partial charge in [0.25, 0.3) is 0 Å². The molecule has 0 bridgehead atoms. The lowest BCUT2D eigenvalue weighted by atomic mass is 9.84. The van der Waals surface area contributed by atoms with Crippen LogP contribution in [0.4, 0.5) is 0 Å². The first-order chi connectivity index (χ1) is 11.2. The number of fused-ring (bicyclic) bond motifs is 4. The number of hydrogen-bond acceptors (Lipinski definition) is 3. The minimum absolute atomic E-state index is 0.621. The maximum atomic E-state index is 2.76. The van der Waals surface area contributed by atoms with Crippen molar-refractivity contribution in [1.82, 2.24) is 14.7 Å². The van der Waals surface area contributed by atoms with Gasteiger partial charge >= 0.3 is 0 Å². The van der Waals surface area contributed by atoms with E-state index in [1.54, 1.807) is 11.1 Å². The Kier molecular flexibility index (Phi) is 4.10. The zero-order valence-corrected chi connectivity index (χ0v) is 15.0. The summed E-state index contributed by atoms with van der Waals surface area (Å²) in [4.78, 5) is 8.14. The summed E-state index contributed by atoms with van der Waals surface area (Å²) in [6.07, 6.45) is 12.3. The number of rotatable bonds is 3. The maximum absolute atomic E-state index is 2.76. The van der Waals surface area contributed by atoms with Crippen LogP contribution in [0, 0.1) is 0 Å². The van der Waals surface area contributed by atoms with E-state index in [1.807, 2.05) is 0 Å². The fraction of sp³-hybridized carbons (Fsp3) is 0.700. The van der Waals surface area contributed by atoms with Crippen molar-refractivity contribution in [2.24, 2.45) is 0 Å². The molecule has 1 aliphatic carbocycles. The summed E-state index contributed by atoms with van der Waals surface area (Å²) in [5.74, 6) is 0. The summed E-state index contributed by atoms with van der Waals surface area (Å²) in [6, 6.07) is 1.93. The second-order valence-electron chi connectivity index (χ2n) is 7.58. The topological polar surface area (TPSA) is 9.72 Å². The van der Waals surface area contributed by atoms with Crippen LogP contribution in [-0.4, -0.2) is 59.0 Å². The molecule has 1 fully saturated rings. The van der Waals surface area contributed by atoms with Gasteiger partial charge in [-0.2, -0.15) is 0 Å². The molecule has 3 atom stereocenters. The first-order valence-corrected chi connectivity index (χ1v) is 9.58. The van der Waals surface area contributed by atoms with Crippen molar-refractivity contribution >= 4 is 0 Å². The highest BCUT2D eigenvalue weighted by atomic mass is 15.4. The van der Waals surface area contributed by atoms with Gasteiger partial charge in [0.1, 0.15) is 0 Å². The van der Waals surface area contributed by atoms with Crippen molar-refractivity contribution in [3.8, 4) is 0 Å². The van der Waals surface area contributed by atoms with Gasteiger partial charge < -0.3 is 4.90 Å². The summed E-state index contributed by atoms with van der Waals surface area (Å²) in [6.45, 7) is 11.9. The van der Waals surface area contributed by atoms with Crippen molar-refractivity contribution in [2.45, 2.75) is 64.6 Å². The molecule has 0 amide bonds. The molecular weight excluding hydrogens is 282 g/mol. The standard InChI is InChI=1S/C20H31N3/c1-4-10-22-12-11-21(5-2)20-18-13-16-8-6-7-9-17(16)23(18)14-15(3)19(20)22/h7,9,14,18-20H,4-6,8,10-13H2,1-3H3/t18-,19?,20-/m0/s1. The lowest BCUT2D eigenvalue weighted by Gasteiger charge is -2.54. The molecule has 3 aliphatic heterocycles. The quantitative estimate of drug-likeness (QED) is 0.791. The summed E-state index contributed by atoms with van der Waals surface area (Å²) in [7, 11) is 0. The molecule has 1 unspecified atom stereocenters. The Morgan fingerprint density at radius 3 is 2.78 bits per heavy atom. The van der Waals surface area contributed by atoms with Crippen LogP contribution in [0.15, 0.2) is 35.2 Å². The Morgan fingerprint density at radius 1 is 1.17 bits per heavy atom. The highest BCUT2D eigenvalue weighted by Crippen LogP contribution is 2.43. The molecule has 0 aromatic rings. The van der Waals surface area contributed by atoms with Gasteiger partial charge in [0.2, 0.25) is 0 Å². The van der Waals surface area contributed by atoms with E-state index in [0.29, 0.717) is 18.1 Å². The third-order valence-corrected chi connectivity index (χ3v) is 6.28. The normalized spacial score (nSPS) is 34.3. The fourth-order valence-corrected chi connectivity index (χ4v) is 5.33. The van der Waals surface area contributed by atoms with Gasteiger partial charge in [-0.05, 0) is 62.9 Å². The van der Waals surface area contributed by atoms with E-state index in [-0.39, 0.29) is 0 Å². The van der Waals surface area contributed by atoms with E-state index >= 15 is 0 Å². The molecule has 1 saturated heterocycles. The SMILES string of the molecule is CCCN1CCN(CC)[C@@H]2C1C(C)=CN1C3=C(CCC=C3)C[C@@H]21. The molecule has 4 aliphatic rings. The fourth-order valence-electron chi connectivity index (χ4n) is 5.33. The molecular formula is C20H31N3. The molecule has 3 heterocycles. The Balaban J connectivity index is 1.70. The molecule has 23 heavy (non-hydrogen) atoms.